The summed E-state index contributed by atoms with van der Waals surface area (Å²) in [7, 11) is 1.71. The standard InChI is InChI=1S/C21H36N4O2.HI/c1-4-11-25-12-10-18(17-25)16-23-21(22-5-2)24-19-8-6-9-20(15-19)27-14-7-13-26-3;/h6,8-9,15,18H,4-5,7,10-14,16-17H2,1-3H3,(H2,22,23,24);1H. The Kier molecular flexibility index (Phi) is 13.3. The number of guanidine groups is 1. The fourth-order valence-corrected chi connectivity index (χ4v) is 3.30. The van der Waals surface area contributed by atoms with E-state index in [-0.39, 0.29) is 24.0 Å². The fourth-order valence-electron chi connectivity index (χ4n) is 3.30. The Bertz CT molecular complexity index is 571. The number of hydrogen-bond donors (Lipinski definition) is 2. The topological polar surface area (TPSA) is 58.1 Å². The van der Waals surface area contributed by atoms with Crippen LogP contribution in [0.15, 0.2) is 29.3 Å². The van der Waals surface area contributed by atoms with E-state index in [1.165, 1.54) is 32.5 Å². The van der Waals surface area contributed by atoms with Crippen LogP contribution in [0.1, 0.15) is 33.1 Å². The number of nitrogens with zero attached hydrogens (tertiary/aromatic N) is 2. The molecule has 1 aliphatic rings. The maximum atomic E-state index is 5.78. The molecule has 1 fully saturated rings. The molecule has 1 atom stereocenters. The van der Waals surface area contributed by atoms with Gasteiger partial charge in [0.25, 0.3) is 0 Å². The molecule has 0 amide bonds. The van der Waals surface area contributed by atoms with E-state index < -0.39 is 0 Å². The predicted octanol–water partition coefficient (Wildman–Crippen LogP) is 3.83. The van der Waals surface area contributed by atoms with Crippen LogP contribution in [0, 0.1) is 5.92 Å². The Morgan fingerprint density at radius 3 is 2.89 bits per heavy atom. The average Bonchev–Trinajstić information content (AvgIpc) is 3.12. The van der Waals surface area contributed by atoms with Crippen molar-refractivity contribution in [2.75, 3.05) is 58.4 Å². The second-order valence-corrected chi connectivity index (χ2v) is 7.02. The molecule has 0 bridgehead atoms. The summed E-state index contributed by atoms with van der Waals surface area (Å²) in [6.07, 6.45) is 3.35. The largest absolute Gasteiger partial charge is 0.493 e. The minimum atomic E-state index is 0. The van der Waals surface area contributed by atoms with Crippen LogP contribution in [0.5, 0.6) is 5.75 Å². The van der Waals surface area contributed by atoms with Crippen LogP contribution in [0.3, 0.4) is 0 Å². The van der Waals surface area contributed by atoms with Gasteiger partial charge in [-0.1, -0.05) is 13.0 Å². The summed E-state index contributed by atoms with van der Waals surface area (Å²) >= 11 is 0. The molecule has 0 aliphatic carbocycles. The molecule has 1 aliphatic heterocycles. The van der Waals surface area contributed by atoms with Gasteiger partial charge in [-0.3, -0.25) is 4.99 Å². The van der Waals surface area contributed by atoms with Gasteiger partial charge in [0.05, 0.1) is 6.61 Å². The van der Waals surface area contributed by atoms with Crippen LogP contribution in [0.25, 0.3) is 0 Å². The van der Waals surface area contributed by atoms with Crippen molar-refractivity contribution in [1.29, 1.82) is 0 Å². The van der Waals surface area contributed by atoms with Crippen LogP contribution < -0.4 is 15.4 Å². The SMILES string of the molecule is CCCN1CCC(CN=C(NCC)Nc2cccc(OCCCOC)c2)C1.I. The van der Waals surface area contributed by atoms with Crippen molar-refractivity contribution >= 4 is 35.6 Å². The third-order valence-electron chi connectivity index (χ3n) is 4.62. The summed E-state index contributed by atoms with van der Waals surface area (Å²) in [5.74, 6) is 2.35. The number of anilines is 1. The maximum absolute atomic E-state index is 5.78. The number of ether oxygens (including phenoxy) is 2. The van der Waals surface area contributed by atoms with E-state index in [1.807, 2.05) is 24.3 Å². The van der Waals surface area contributed by atoms with E-state index in [1.54, 1.807) is 7.11 Å². The van der Waals surface area contributed by atoms with Gasteiger partial charge >= 0.3 is 0 Å². The Hall–Kier alpha value is -1.06. The number of rotatable bonds is 11. The molecule has 1 saturated heterocycles. The van der Waals surface area contributed by atoms with E-state index in [0.29, 0.717) is 19.1 Å². The van der Waals surface area contributed by atoms with Crippen molar-refractivity contribution in [2.45, 2.75) is 33.1 Å². The molecule has 0 spiro atoms. The third kappa shape index (κ3) is 9.43. The maximum Gasteiger partial charge on any atom is 0.195 e. The van der Waals surface area contributed by atoms with Crippen LogP contribution in [0.4, 0.5) is 5.69 Å². The number of aliphatic imine (C=N–C) groups is 1. The summed E-state index contributed by atoms with van der Waals surface area (Å²) < 4.78 is 10.8. The quantitative estimate of drug-likeness (QED) is 0.208. The zero-order chi connectivity index (χ0) is 19.3. The molecule has 1 aromatic carbocycles. The molecule has 1 aromatic rings. The first kappa shape index (κ1) is 25.0. The first-order chi connectivity index (χ1) is 13.2. The molecule has 28 heavy (non-hydrogen) atoms. The van der Waals surface area contributed by atoms with Crippen LogP contribution in [0.2, 0.25) is 0 Å². The van der Waals surface area contributed by atoms with Crippen molar-refractivity contribution < 1.29 is 9.47 Å². The molecule has 1 heterocycles. The van der Waals surface area contributed by atoms with E-state index >= 15 is 0 Å². The second kappa shape index (κ2) is 14.9. The Morgan fingerprint density at radius 1 is 1.29 bits per heavy atom. The van der Waals surface area contributed by atoms with Crippen LogP contribution >= 0.6 is 24.0 Å². The van der Waals surface area contributed by atoms with E-state index in [4.69, 9.17) is 14.5 Å². The average molecular weight is 504 g/mol. The van der Waals surface area contributed by atoms with Gasteiger partial charge in [-0.05, 0) is 50.9 Å². The smallest absolute Gasteiger partial charge is 0.195 e. The minimum absolute atomic E-state index is 0. The summed E-state index contributed by atoms with van der Waals surface area (Å²) in [4.78, 5) is 7.36. The Morgan fingerprint density at radius 2 is 2.14 bits per heavy atom. The van der Waals surface area contributed by atoms with Crippen molar-refractivity contribution in [3.63, 3.8) is 0 Å². The molecule has 2 rings (SSSR count). The Balaban J connectivity index is 0.00000392. The number of methoxy groups -OCH3 is 1. The van der Waals surface area contributed by atoms with Crippen LogP contribution in [-0.4, -0.2) is 63.9 Å². The first-order valence-electron chi connectivity index (χ1n) is 10.2. The van der Waals surface area contributed by atoms with Gasteiger partial charge in [-0.25, -0.2) is 0 Å². The van der Waals surface area contributed by atoms with Gasteiger partial charge in [0, 0.05) is 51.5 Å². The number of halogens is 1. The van der Waals surface area contributed by atoms with E-state index in [2.05, 4.69) is 29.4 Å². The lowest BCUT2D eigenvalue weighted by Crippen LogP contribution is -2.31. The molecular weight excluding hydrogens is 467 g/mol. The van der Waals surface area contributed by atoms with Crippen molar-refractivity contribution in [3.05, 3.63) is 24.3 Å². The Labute approximate surface area is 187 Å². The highest BCUT2D eigenvalue weighted by atomic mass is 127. The molecule has 0 radical (unpaired) electrons. The van der Waals surface area contributed by atoms with Gasteiger partial charge in [0.2, 0.25) is 0 Å². The monoisotopic (exact) mass is 504 g/mol. The van der Waals surface area contributed by atoms with Crippen molar-refractivity contribution in [2.24, 2.45) is 10.9 Å². The highest BCUT2D eigenvalue weighted by molar-refractivity contribution is 14.0. The highest BCUT2D eigenvalue weighted by Crippen LogP contribution is 2.19. The lowest BCUT2D eigenvalue weighted by Gasteiger charge is -2.15. The first-order valence-corrected chi connectivity index (χ1v) is 10.2. The lowest BCUT2D eigenvalue weighted by molar-refractivity contribution is 0.172. The fraction of sp³-hybridized carbons (Fsp3) is 0.667. The number of hydrogen-bond acceptors (Lipinski definition) is 4. The number of benzene rings is 1. The zero-order valence-corrected chi connectivity index (χ0v) is 19.9. The lowest BCUT2D eigenvalue weighted by atomic mass is 10.1. The molecule has 160 valence electrons. The molecule has 2 N–H and O–H groups in total. The van der Waals surface area contributed by atoms with Gasteiger partial charge in [0.15, 0.2) is 5.96 Å². The molecule has 6 nitrogen and oxygen atoms in total. The highest BCUT2D eigenvalue weighted by Gasteiger charge is 2.21. The van der Waals surface area contributed by atoms with E-state index in [0.717, 1.165) is 36.9 Å². The normalized spacial score (nSPS) is 17.2. The van der Waals surface area contributed by atoms with Gasteiger partial charge in [-0.2, -0.15) is 0 Å². The van der Waals surface area contributed by atoms with E-state index in [9.17, 15) is 0 Å². The molecule has 7 heteroatoms. The third-order valence-corrected chi connectivity index (χ3v) is 4.62. The second-order valence-electron chi connectivity index (χ2n) is 7.02. The summed E-state index contributed by atoms with van der Waals surface area (Å²) in [6, 6.07) is 8.02. The number of likely N-dealkylation sites (tertiary alicyclic amines) is 1. The minimum Gasteiger partial charge on any atom is -0.493 e. The van der Waals surface area contributed by atoms with Crippen LogP contribution in [-0.2, 0) is 4.74 Å². The number of nitrogens with one attached hydrogen (secondary N) is 2. The molecule has 0 saturated carbocycles. The van der Waals surface area contributed by atoms with Crippen molar-refractivity contribution in [3.8, 4) is 5.75 Å². The van der Waals surface area contributed by atoms with Gasteiger partial charge in [-0.15, -0.1) is 24.0 Å². The van der Waals surface area contributed by atoms with Gasteiger partial charge < -0.3 is 25.0 Å². The zero-order valence-electron chi connectivity index (χ0n) is 17.6. The summed E-state index contributed by atoms with van der Waals surface area (Å²) in [6.45, 7) is 11.0. The molecule has 1 unspecified atom stereocenters. The summed E-state index contributed by atoms with van der Waals surface area (Å²) in [5.41, 5.74) is 0.984. The summed E-state index contributed by atoms with van der Waals surface area (Å²) in [5, 5.41) is 6.74. The predicted molar refractivity (Wildman–Crippen MR) is 128 cm³/mol. The molecular formula is C21H37IN4O2. The van der Waals surface area contributed by atoms with Crippen molar-refractivity contribution in [1.82, 2.24) is 10.2 Å². The molecule has 0 aromatic heterocycles. The van der Waals surface area contributed by atoms with Gasteiger partial charge in [0.1, 0.15) is 5.75 Å².